The maximum absolute atomic E-state index is 13.0. The molecular weight excluding hydrogens is 397 g/mol. The van der Waals surface area contributed by atoms with Crippen LogP contribution in [0.15, 0.2) is 30.6 Å². The second kappa shape index (κ2) is 8.66. The fourth-order valence-electron chi connectivity index (χ4n) is 3.32. The number of carbonyl (C=O) groups excluding carboxylic acids is 1. The molecule has 1 aliphatic rings. The first-order valence-electron chi connectivity index (χ1n) is 9.24. The van der Waals surface area contributed by atoms with Crippen molar-refractivity contribution in [3.8, 4) is 5.88 Å². The molecule has 0 bridgehead atoms. The highest BCUT2D eigenvalue weighted by atomic mass is 32.1. The highest BCUT2D eigenvalue weighted by Crippen LogP contribution is 2.29. The lowest BCUT2D eigenvalue weighted by Crippen LogP contribution is -2.37. The number of rotatable bonds is 5. The van der Waals surface area contributed by atoms with Crippen molar-refractivity contribution >= 4 is 32.9 Å². The van der Waals surface area contributed by atoms with Crippen LogP contribution in [0.3, 0.4) is 0 Å². The van der Waals surface area contributed by atoms with Crippen LogP contribution in [0.1, 0.15) is 18.4 Å². The summed E-state index contributed by atoms with van der Waals surface area (Å²) in [7, 11) is 1.50. The van der Waals surface area contributed by atoms with E-state index in [2.05, 4.69) is 20.3 Å². The number of aromatic nitrogens is 3. The Kier molecular flexibility index (Phi) is 5.81. The van der Waals surface area contributed by atoms with Gasteiger partial charge in [0.05, 0.1) is 7.11 Å². The Labute approximate surface area is 170 Å². The van der Waals surface area contributed by atoms with Crippen molar-refractivity contribution < 1.29 is 18.8 Å². The molecule has 1 aromatic carbocycles. The number of ether oxygens (including phenoxy) is 1. The van der Waals surface area contributed by atoms with E-state index in [1.54, 1.807) is 5.06 Å². The molecule has 8 nitrogen and oxygen atoms in total. The van der Waals surface area contributed by atoms with E-state index in [4.69, 9.17) is 9.57 Å². The number of piperidine rings is 1. The van der Waals surface area contributed by atoms with E-state index in [1.807, 2.05) is 12.1 Å². The number of hydrogen-bond donors (Lipinski definition) is 1. The molecule has 1 N–H and O–H groups in total. The second-order valence-electron chi connectivity index (χ2n) is 6.76. The third-order valence-electron chi connectivity index (χ3n) is 4.79. The molecule has 1 aliphatic heterocycles. The lowest BCUT2D eigenvalue weighted by Gasteiger charge is -2.30. The van der Waals surface area contributed by atoms with Gasteiger partial charge in [0.1, 0.15) is 12.1 Å². The van der Waals surface area contributed by atoms with Crippen LogP contribution < -0.4 is 10.1 Å². The van der Waals surface area contributed by atoms with Crippen molar-refractivity contribution in [2.75, 3.05) is 25.5 Å². The summed E-state index contributed by atoms with van der Waals surface area (Å²) in [6, 6.07) is 6.62. The van der Waals surface area contributed by atoms with E-state index in [0.29, 0.717) is 40.4 Å². The molecule has 4 rings (SSSR count). The number of hydroxylamine groups is 2. The van der Waals surface area contributed by atoms with Gasteiger partial charge in [-0.3, -0.25) is 5.32 Å². The van der Waals surface area contributed by atoms with Crippen LogP contribution in [-0.4, -0.2) is 46.3 Å². The first-order chi connectivity index (χ1) is 14.1. The van der Waals surface area contributed by atoms with Gasteiger partial charge < -0.3 is 9.57 Å². The summed E-state index contributed by atoms with van der Waals surface area (Å²) in [6.07, 6.45) is 3.50. The van der Waals surface area contributed by atoms with Gasteiger partial charge in [0, 0.05) is 13.1 Å². The zero-order valence-electron chi connectivity index (χ0n) is 15.8. The molecule has 152 valence electrons. The van der Waals surface area contributed by atoms with Crippen molar-refractivity contribution in [1.29, 1.82) is 0 Å². The Bertz CT molecular complexity index is 989. The van der Waals surface area contributed by atoms with Crippen molar-refractivity contribution in [2.45, 2.75) is 19.3 Å². The number of hydrogen-bond acceptors (Lipinski definition) is 8. The molecule has 1 fully saturated rings. The van der Waals surface area contributed by atoms with Gasteiger partial charge in [-0.2, -0.15) is 4.98 Å². The second-order valence-corrected chi connectivity index (χ2v) is 7.74. The summed E-state index contributed by atoms with van der Waals surface area (Å²) >= 11 is 1.22. The van der Waals surface area contributed by atoms with Crippen molar-refractivity contribution in [1.82, 2.24) is 20.0 Å². The molecule has 29 heavy (non-hydrogen) atoms. The third-order valence-corrected chi connectivity index (χ3v) is 5.67. The lowest BCUT2D eigenvalue weighted by molar-refractivity contribution is -0.113. The molecule has 10 heteroatoms. The van der Waals surface area contributed by atoms with E-state index in [9.17, 15) is 9.18 Å². The van der Waals surface area contributed by atoms with Crippen LogP contribution in [-0.2, 0) is 11.3 Å². The SMILES string of the molecule is COc1ncnc2sc(NC(=O)ON3CCC(Cc4ccc(F)cc4)CC3)nc12. The summed E-state index contributed by atoms with van der Waals surface area (Å²) in [5.74, 6) is 0.621. The van der Waals surface area contributed by atoms with Crippen molar-refractivity contribution in [3.05, 3.63) is 42.0 Å². The number of methoxy groups -OCH3 is 1. The Balaban J connectivity index is 1.27. The minimum Gasteiger partial charge on any atom is -0.479 e. The summed E-state index contributed by atoms with van der Waals surface area (Å²) in [4.78, 5) is 30.6. The molecule has 0 aliphatic carbocycles. The number of halogens is 1. The molecule has 0 radical (unpaired) electrons. The van der Waals surface area contributed by atoms with Gasteiger partial charge >= 0.3 is 6.09 Å². The van der Waals surface area contributed by atoms with Crippen LogP contribution in [0.4, 0.5) is 14.3 Å². The molecule has 1 saturated heterocycles. The van der Waals surface area contributed by atoms with E-state index in [-0.39, 0.29) is 5.82 Å². The number of amides is 1. The van der Waals surface area contributed by atoms with Crippen LogP contribution >= 0.6 is 11.3 Å². The standard InChI is InChI=1S/C19H20FN5O3S/c1-27-16-15-17(22-11-21-16)29-18(23-15)24-19(26)28-25-8-6-13(7-9-25)10-12-2-4-14(20)5-3-12/h2-5,11,13H,6-10H2,1H3,(H,23,24,26). The molecule has 0 saturated carbocycles. The topological polar surface area (TPSA) is 89.5 Å². The average Bonchev–Trinajstić information content (AvgIpc) is 3.13. The largest absolute Gasteiger partial charge is 0.479 e. The first kappa shape index (κ1) is 19.5. The highest BCUT2D eigenvalue weighted by molar-refractivity contribution is 7.22. The number of anilines is 1. The molecule has 1 amide bonds. The van der Waals surface area contributed by atoms with E-state index < -0.39 is 6.09 Å². The molecule has 3 aromatic rings. The zero-order chi connectivity index (χ0) is 20.2. The number of nitrogens with zero attached hydrogens (tertiary/aromatic N) is 4. The van der Waals surface area contributed by atoms with E-state index >= 15 is 0 Å². The predicted molar refractivity (Wildman–Crippen MR) is 106 cm³/mol. The Hall–Kier alpha value is -2.85. The van der Waals surface area contributed by atoms with E-state index in [1.165, 1.54) is 36.9 Å². The Morgan fingerprint density at radius 2 is 2.03 bits per heavy atom. The smallest absolute Gasteiger partial charge is 0.432 e. The molecule has 3 heterocycles. The van der Waals surface area contributed by atoms with Crippen LogP contribution in [0, 0.1) is 11.7 Å². The Morgan fingerprint density at radius 1 is 1.28 bits per heavy atom. The van der Waals surface area contributed by atoms with Crippen molar-refractivity contribution in [3.63, 3.8) is 0 Å². The molecule has 0 spiro atoms. The summed E-state index contributed by atoms with van der Waals surface area (Å²) in [6.45, 7) is 1.30. The maximum atomic E-state index is 13.0. The van der Waals surface area contributed by atoms with Gasteiger partial charge in [-0.15, -0.1) is 5.06 Å². The zero-order valence-corrected chi connectivity index (χ0v) is 16.6. The average molecular weight is 417 g/mol. The number of carbonyl (C=O) groups is 1. The van der Waals surface area contributed by atoms with Gasteiger partial charge in [-0.1, -0.05) is 23.5 Å². The minimum absolute atomic E-state index is 0.221. The fraction of sp³-hybridized carbons (Fsp3) is 0.368. The van der Waals surface area contributed by atoms with Gasteiger partial charge in [-0.25, -0.2) is 19.2 Å². The molecule has 0 atom stereocenters. The lowest BCUT2D eigenvalue weighted by atomic mass is 9.91. The Morgan fingerprint density at radius 3 is 2.76 bits per heavy atom. The highest BCUT2D eigenvalue weighted by Gasteiger charge is 2.23. The molecule has 2 aromatic heterocycles. The van der Waals surface area contributed by atoms with E-state index in [0.717, 1.165) is 24.8 Å². The normalized spacial score (nSPS) is 15.4. The maximum Gasteiger partial charge on any atom is 0.432 e. The van der Waals surface area contributed by atoms with Crippen LogP contribution in [0.5, 0.6) is 5.88 Å². The molecular formula is C19H20FN5O3S. The van der Waals surface area contributed by atoms with Gasteiger partial charge in [0.2, 0.25) is 5.88 Å². The van der Waals surface area contributed by atoms with Gasteiger partial charge in [0.15, 0.2) is 15.5 Å². The number of benzene rings is 1. The summed E-state index contributed by atoms with van der Waals surface area (Å²) in [5, 5.41) is 4.66. The van der Waals surface area contributed by atoms with Gasteiger partial charge in [0.25, 0.3) is 0 Å². The third kappa shape index (κ3) is 4.77. The molecule has 0 unspecified atom stereocenters. The van der Waals surface area contributed by atoms with Crippen LogP contribution in [0.2, 0.25) is 0 Å². The van der Waals surface area contributed by atoms with Crippen molar-refractivity contribution in [2.24, 2.45) is 5.92 Å². The predicted octanol–water partition coefficient (Wildman–Crippen LogP) is 3.65. The number of fused-ring (bicyclic) bond motifs is 1. The van der Waals surface area contributed by atoms with Gasteiger partial charge in [-0.05, 0) is 42.9 Å². The minimum atomic E-state index is -0.590. The quantitative estimate of drug-likeness (QED) is 0.678. The monoisotopic (exact) mass is 417 g/mol. The van der Waals surface area contributed by atoms with Crippen LogP contribution in [0.25, 0.3) is 10.3 Å². The fourth-order valence-corrected chi connectivity index (χ4v) is 4.11. The first-order valence-corrected chi connectivity index (χ1v) is 10.1. The number of nitrogens with one attached hydrogen (secondary N) is 1. The summed E-state index contributed by atoms with van der Waals surface area (Å²) in [5.41, 5.74) is 1.62. The summed E-state index contributed by atoms with van der Waals surface area (Å²) < 4.78 is 18.2. The number of thiazole rings is 1.